The summed E-state index contributed by atoms with van der Waals surface area (Å²) in [5, 5.41) is 3.38. The van der Waals surface area contributed by atoms with E-state index in [4.69, 9.17) is 23.2 Å². The molecule has 0 spiro atoms. The number of benzene rings is 2. The molecule has 1 N–H and O–H groups in total. The third-order valence-electron chi connectivity index (χ3n) is 5.47. The SMILES string of the molecule is CC[C@@H](C)NC(=O)[C@H](C)N(CCc1ccccc1)C(=O)CN(c1cc(Cl)cc(Cl)c1)S(C)(=O)=O. The fourth-order valence-electron chi connectivity index (χ4n) is 3.33. The van der Waals surface area contributed by atoms with Gasteiger partial charge in [-0.15, -0.1) is 0 Å². The Hall–Kier alpha value is -2.29. The Kier molecular flexibility index (Phi) is 10.2. The van der Waals surface area contributed by atoms with Gasteiger partial charge in [0.05, 0.1) is 11.9 Å². The summed E-state index contributed by atoms with van der Waals surface area (Å²) in [7, 11) is -3.85. The van der Waals surface area contributed by atoms with Gasteiger partial charge in [-0.2, -0.15) is 0 Å². The Labute approximate surface area is 212 Å². The molecule has 7 nitrogen and oxygen atoms in total. The molecule has 2 atom stereocenters. The summed E-state index contributed by atoms with van der Waals surface area (Å²) < 4.78 is 26.1. The van der Waals surface area contributed by atoms with Crippen molar-refractivity contribution in [1.29, 1.82) is 0 Å². The molecule has 0 aliphatic carbocycles. The zero-order valence-corrected chi connectivity index (χ0v) is 22.1. The maximum atomic E-state index is 13.4. The van der Waals surface area contributed by atoms with Gasteiger partial charge in [0.2, 0.25) is 21.8 Å². The smallest absolute Gasteiger partial charge is 0.244 e. The lowest BCUT2D eigenvalue weighted by Gasteiger charge is -2.32. The molecular weight excluding hydrogens is 497 g/mol. The van der Waals surface area contributed by atoms with E-state index in [2.05, 4.69) is 5.32 Å². The van der Waals surface area contributed by atoms with Crippen LogP contribution in [0.2, 0.25) is 10.0 Å². The minimum atomic E-state index is -3.85. The summed E-state index contributed by atoms with van der Waals surface area (Å²) in [5.74, 6) is -0.809. The maximum absolute atomic E-state index is 13.4. The standard InChI is InChI=1S/C24H31Cl2N3O4S/c1-5-17(2)27-24(31)18(3)28(12-11-19-9-7-6-8-10-19)23(30)16-29(34(4,32)33)22-14-20(25)13-21(26)15-22/h6-10,13-15,17-18H,5,11-12,16H2,1-4H3,(H,27,31)/t17-,18+/m1/s1. The molecule has 186 valence electrons. The van der Waals surface area contributed by atoms with E-state index in [1.165, 1.54) is 23.1 Å². The van der Waals surface area contributed by atoms with Gasteiger partial charge in [-0.05, 0) is 50.5 Å². The highest BCUT2D eigenvalue weighted by Crippen LogP contribution is 2.27. The summed E-state index contributed by atoms with van der Waals surface area (Å²) in [4.78, 5) is 27.7. The van der Waals surface area contributed by atoms with Gasteiger partial charge in [-0.25, -0.2) is 8.42 Å². The zero-order chi connectivity index (χ0) is 25.5. The van der Waals surface area contributed by atoms with E-state index in [1.54, 1.807) is 6.92 Å². The summed E-state index contributed by atoms with van der Waals surface area (Å²) in [5.41, 5.74) is 1.17. The predicted octanol–water partition coefficient (Wildman–Crippen LogP) is 4.13. The number of sulfonamides is 1. The number of halogens is 2. The topological polar surface area (TPSA) is 86.8 Å². The lowest BCUT2D eigenvalue weighted by atomic mass is 10.1. The number of hydrogen-bond acceptors (Lipinski definition) is 4. The second-order valence-corrected chi connectivity index (χ2v) is 11.0. The normalized spacial score (nSPS) is 13.1. The van der Waals surface area contributed by atoms with Crippen molar-refractivity contribution >= 4 is 50.7 Å². The number of hydrogen-bond donors (Lipinski definition) is 1. The van der Waals surface area contributed by atoms with Gasteiger partial charge in [-0.1, -0.05) is 60.5 Å². The van der Waals surface area contributed by atoms with Gasteiger partial charge in [0.25, 0.3) is 0 Å². The number of nitrogens with one attached hydrogen (secondary N) is 1. The Morgan fingerprint density at radius 2 is 1.62 bits per heavy atom. The number of carbonyl (C=O) groups is 2. The van der Waals surface area contributed by atoms with Crippen LogP contribution in [0.25, 0.3) is 0 Å². The first kappa shape index (κ1) is 28.0. The van der Waals surface area contributed by atoms with Crippen LogP contribution >= 0.6 is 23.2 Å². The summed E-state index contributed by atoms with van der Waals surface area (Å²) >= 11 is 12.1. The van der Waals surface area contributed by atoms with Gasteiger partial charge in [0.1, 0.15) is 12.6 Å². The maximum Gasteiger partial charge on any atom is 0.244 e. The van der Waals surface area contributed by atoms with Crippen molar-refractivity contribution in [3.8, 4) is 0 Å². The van der Waals surface area contributed by atoms with Crippen molar-refractivity contribution in [2.75, 3.05) is 23.7 Å². The molecule has 2 amide bonds. The number of rotatable bonds is 11. The minimum Gasteiger partial charge on any atom is -0.352 e. The molecule has 0 aliphatic rings. The van der Waals surface area contributed by atoms with E-state index < -0.39 is 28.5 Å². The van der Waals surface area contributed by atoms with E-state index in [0.717, 1.165) is 22.5 Å². The molecule has 0 heterocycles. The summed E-state index contributed by atoms with van der Waals surface area (Å²) in [6, 6.07) is 13.0. The second-order valence-electron chi connectivity index (χ2n) is 8.21. The minimum absolute atomic E-state index is 0.0536. The van der Waals surface area contributed by atoms with Crippen molar-refractivity contribution in [3.63, 3.8) is 0 Å². The first-order valence-corrected chi connectivity index (χ1v) is 13.6. The molecule has 0 bridgehead atoms. The van der Waals surface area contributed by atoms with Crippen LogP contribution in [0.15, 0.2) is 48.5 Å². The molecule has 0 saturated carbocycles. The van der Waals surface area contributed by atoms with Gasteiger partial charge in [-0.3, -0.25) is 13.9 Å². The van der Waals surface area contributed by atoms with E-state index in [-0.39, 0.29) is 34.2 Å². The Bertz CT molecular complexity index is 1080. The van der Waals surface area contributed by atoms with Crippen LogP contribution in [-0.4, -0.2) is 56.6 Å². The molecule has 0 unspecified atom stereocenters. The van der Waals surface area contributed by atoms with Crippen molar-refractivity contribution in [3.05, 3.63) is 64.1 Å². The molecular formula is C24H31Cl2N3O4S. The molecule has 2 aromatic carbocycles. The first-order chi connectivity index (χ1) is 15.9. The Balaban J connectivity index is 2.34. The van der Waals surface area contributed by atoms with Crippen molar-refractivity contribution in [2.24, 2.45) is 0 Å². The quantitative estimate of drug-likeness (QED) is 0.475. The van der Waals surface area contributed by atoms with Crippen LogP contribution < -0.4 is 9.62 Å². The van der Waals surface area contributed by atoms with Crippen LogP contribution in [-0.2, 0) is 26.0 Å². The van der Waals surface area contributed by atoms with Crippen LogP contribution in [0.5, 0.6) is 0 Å². The monoisotopic (exact) mass is 527 g/mol. The van der Waals surface area contributed by atoms with Gasteiger partial charge in [0, 0.05) is 22.6 Å². The van der Waals surface area contributed by atoms with Crippen molar-refractivity contribution in [2.45, 2.75) is 45.7 Å². The zero-order valence-electron chi connectivity index (χ0n) is 19.8. The molecule has 0 fully saturated rings. The number of amides is 2. The number of nitrogens with zero attached hydrogens (tertiary/aromatic N) is 2. The first-order valence-electron chi connectivity index (χ1n) is 11.0. The van der Waals surface area contributed by atoms with E-state index >= 15 is 0 Å². The van der Waals surface area contributed by atoms with Crippen molar-refractivity contribution in [1.82, 2.24) is 10.2 Å². The lowest BCUT2D eigenvalue weighted by Crippen LogP contribution is -2.53. The fourth-order valence-corrected chi connectivity index (χ4v) is 4.68. The highest BCUT2D eigenvalue weighted by atomic mass is 35.5. The predicted molar refractivity (Wildman–Crippen MR) is 138 cm³/mol. The molecule has 0 aromatic heterocycles. The van der Waals surface area contributed by atoms with Gasteiger partial charge >= 0.3 is 0 Å². The van der Waals surface area contributed by atoms with E-state index in [9.17, 15) is 18.0 Å². The van der Waals surface area contributed by atoms with E-state index in [1.807, 2.05) is 44.2 Å². The highest BCUT2D eigenvalue weighted by molar-refractivity contribution is 7.92. The van der Waals surface area contributed by atoms with Crippen LogP contribution in [0.3, 0.4) is 0 Å². The van der Waals surface area contributed by atoms with Crippen LogP contribution in [0.1, 0.15) is 32.8 Å². The molecule has 34 heavy (non-hydrogen) atoms. The average Bonchev–Trinajstić information content (AvgIpc) is 2.76. The summed E-state index contributed by atoms with van der Waals surface area (Å²) in [6.07, 6.45) is 2.26. The van der Waals surface area contributed by atoms with Crippen molar-refractivity contribution < 1.29 is 18.0 Å². The number of anilines is 1. The van der Waals surface area contributed by atoms with Crippen LogP contribution in [0.4, 0.5) is 5.69 Å². The molecule has 0 radical (unpaired) electrons. The molecule has 0 saturated heterocycles. The molecule has 10 heteroatoms. The Morgan fingerprint density at radius 3 is 2.15 bits per heavy atom. The second kappa shape index (κ2) is 12.4. The van der Waals surface area contributed by atoms with Gasteiger partial charge in [0.15, 0.2) is 0 Å². The Morgan fingerprint density at radius 1 is 1.03 bits per heavy atom. The molecule has 2 aromatic rings. The molecule has 2 rings (SSSR count). The average molecular weight is 529 g/mol. The molecule has 0 aliphatic heterocycles. The fraction of sp³-hybridized carbons (Fsp3) is 0.417. The van der Waals surface area contributed by atoms with Crippen LogP contribution in [0, 0.1) is 0 Å². The van der Waals surface area contributed by atoms with E-state index in [0.29, 0.717) is 6.42 Å². The highest BCUT2D eigenvalue weighted by Gasteiger charge is 2.30. The third kappa shape index (κ3) is 8.18. The summed E-state index contributed by atoms with van der Waals surface area (Å²) in [6.45, 7) is 5.22. The lowest BCUT2D eigenvalue weighted by molar-refractivity contribution is -0.139. The number of carbonyl (C=O) groups excluding carboxylic acids is 2. The third-order valence-corrected chi connectivity index (χ3v) is 7.04. The largest absolute Gasteiger partial charge is 0.352 e. The van der Waals surface area contributed by atoms with Gasteiger partial charge < -0.3 is 10.2 Å².